The summed E-state index contributed by atoms with van der Waals surface area (Å²) < 4.78 is 19.7. The number of aromatic nitrogens is 1. The number of benzene rings is 2. The highest BCUT2D eigenvalue weighted by Crippen LogP contribution is 2.42. The van der Waals surface area contributed by atoms with Crippen molar-refractivity contribution in [1.82, 2.24) is 14.8 Å². The van der Waals surface area contributed by atoms with E-state index in [2.05, 4.69) is 9.88 Å². The Balaban J connectivity index is 1.44. The first-order chi connectivity index (χ1) is 15.6. The van der Waals surface area contributed by atoms with Crippen LogP contribution in [-0.2, 0) is 22.6 Å². The predicted octanol–water partition coefficient (Wildman–Crippen LogP) is 3.62. The van der Waals surface area contributed by atoms with Gasteiger partial charge in [0.2, 0.25) is 0 Å². The zero-order valence-electron chi connectivity index (χ0n) is 17.9. The second-order valence-electron chi connectivity index (χ2n) is 8.59. The van der Waals surface area contributed by atoms with E-state index in [9.17, 15) is 9.18 Å². The molecule has 2 fully saturated rings. The van der Waals surface area contributed by atoms with Crippen LogP contribution < -0.4 is 0 Å². The monoisotopic (exact) mass is 431 g/mol. The molecule has 1 aromatic heterocycles. The smallest absolute Gasteiger partial charge is 0.257 e. The zero-order valence-corrected chi connectivity index (χ0v) is 17.9. The summed E-state index contributed by atoms with van der Waals surface area (Å²) in [5.74, 6) is -0.340. The number of morpholine rings is 1. The largest absolute Gasteiger partial charge is 0.361 e. The Morgan fingerprint density at radius 3 is 2.53 bits per heavy atom. The molecule has 0 N–H and O–H groups in total. The molecule has 6 heteroatoms. The Kier molecular flexibility index (Phi) is 5.72. The SMILES string of the molecule is O=C1N(Cc2ccccc2)CCO[C@]12CN(Cc1ccc(F)cc1)C[C@H]2c1cccnc1. The summed E-state index contributed by atoms with van der Waals surface area (Å²) in [6.07, 6.45) is 3.58. The maximum atomic E-state index is 13.9. The van der Waals surface area contributed by atoms with Crippen LogP contribution in [0, 0.1) is 5.82 Å². The van der Waals surface area contributed by atoms with Crippen LogP contribution in [0.15, 0.2) is 79.1 Å². The average molecular weight is 432 g/mol. The fourth-order valence-corrected chi connectivity index (χ4v) is 4.92. The molecule has 2 aromatic carbocycles. The zero-order chi connectivity index (χ0) is 22.0. The third kappa shape index (κ3) is 4.04. The van der Waals surface area contributed by atoms with Gasteiger partial charge in [-0.3, -0.25) is 14.7 Å². The minimum atomic E-state index is -0.948. The molecule has 1 amide bonds. The molecule has 0 saturated carbocycles. The molecule has 0 unspecified atom stereocenters. The van der Waals surface area contributed by atoms with E-state index >= 15 is 0 Å². The van der Waals surface area contributed by atoms with E-state index in [1.807, 2.05) is 53.6 Å². The topological polar surface area (TPSA) is 45.7 Å². The lowest BCUT2D eigenvalue weighted by Gasteiger charge is -2.42. The maximum absolute atomic E-state index is 13.9. The van der Waals surface area contributed by atoms with Gasteiger partial charge in [-0.05, 0) is 34.9 Å². The molecule has 2 atom stereocenters. The number of amides is 1. The van der Waals surface area contributed by atoms with Gasteiger partial charge in [-0.25, -0.2) is 4.39 Å². The van der Waals surface area contributed by atoms with Crippen LogP contribution in [-0.4, -0.2) is 52.5 Å². The quantitative estimate of drug-likeness (QED) is 0.619. The first-order valence-corrected chi connectivity index (χ1v) is 11.0. The average Bonchev–Trinajstić information content (AvgIpc) is 3.18. The van der Waals surface area contributed by atoms with Gasteiger partial charge in [0.1, 0.15) is 5.82 Å². The highest BCUT2D eigenvalue weighted by molar-refractivity contribution is 5.88. The molecule has 0 radical (unpaired) electrons. The van der Waals surface area contributed by atoms with E-state index < -0.39 is 5.60 Å². The molecule has 3 heterocycles. The Hall–Kier alpha value is -3.09. The third-order valence-electron chi connectivity index (χ3n) is 6.45. The van der Waals surface area contributed by atoms with Gasteiger partial charge in [-0.15, -0.1) is 0 Å². The van der Waals surface area contributed by atoms with Gasteiger partial charge in [0.15, 0.2) is 5.60 Å². The van der Waals surface area contributed by atoms with Gasteiger partial charge in [0, 0.05) is 51.0 Å². The van der Waals surface area contributed by atoms with Gasteiger partial charge in [-0.1, -0.05) is 48.5 Å². The van der Waals surface area contributed by atoms with Crippen LogP contribution in [0.1, 0.15) is 22.6 Å². The molecule has 2 aliphatic heterocycles. The molecule has 3 aromatic rings. The fraction of sp³-hybridized carbons (Fsp3) is 0.308. The van der Waals surface area contributed by atoms with E-state index in [-0.39, 0.29) is 17.6 Å². The van der Waals surface area contributed by atoms with Crippen LogP contribution in [0.25, 0.3) is 0 Å². The molecule has 164 valence electrons. The second kappa shape index (κ2) is 8.81. The lowest BCUT2D eigenvalue weighted by Crippen LogP contribution is -2.59. The first kappa shape index (κ1) is 20.8. The fourth-order valence-electron chi connectivity index (χ4n) is 4.92. The molecule has 5 nitrogen and oxygen atoms in total. The summed E-state index contributed by atoms with van der Waals surface area (Å²) in [6.45, 7) is 3.45. The minimum absolute atomic E-state index is 0.0306. The number of nitrogens with zero attached hydrogens (tertiary/aromatic N) is 3. The van der Waals surface area contributed by atoms with Gasteiger partial charge in [0.25, 0.3) is 5.91 Å². The van der Waals surface area contributed by atoms with Crippen LogP contribution >= 0.6 is 0 Å². The minimum Gasteiger partial charge on any atom is -0.361 e. The number of pyridine rings is 1. The molecule has 5 rings (SSSR count). The van der Waals surface area contributed by atoms with Crippen molar-refractivity contribution < 1.29 is 13.9 Å². The Morgan fingerprint density at radius 1 is 1.00 bits per heavy atom. The van der Waals surface area contributed by atoms with Crippen LogP contribution in [0.3, 0.4) is 0 Å². The molecule has 2 aliphatic rings. The van der Waals surface area contributed by atoms with E-state index in [0.717, 1.165) is 16.7 Å². The number of carbonyl (C=O) groups excluding carboxylic acids is 1. The van der Waals surface area contributed by atoms with E-state index in [0.29, 0.717) is 39.3 Å². The van der Waals surface area contributed by atoms with Crippen LogP contribution in [0.4, 0.5) is 4.39 Å². The maximum Gasteiger partial charge on any atom is 0.257 e. The normalized spacial score (nSPS) is 23.7. The summed E-state index contributed by atoms with van der Waals surface area (Å²) in [5.41, 5.74) is 2.18. The number of carbonyl (C=O) groups is 1. The Labute approximate surface area is 187 Å². The highest BCUT2D eigenvalue weighted by Gasteiger charge is 2.56. The van der Waals surface area contributed by atoms with Crippen molar-refractivity contribution in [2.45, 2.75) is 24.6 Å². The molecule has 0 bridgehead atoms. The van der Waals surface area contributed by atoms with Crippen molar-refractivity contribution in [3.8, 4) is 0 Å². The second-order valence-corrected chi connectivity index (χ2v) is 8.59. The standard InChI is InChI=1S/C26H26FN3O2/c27-23-10-8-21(9-11-23)16-29-18-24(22-7-4-12-28-15-22)26(19-29)25(31)30(13-14-32-26)17-20-5-2-1-3-6-20/h1-12,15,24H,13-14,16-19H2/t24-,26-/m0/s1. The van der Waals surface area contributed by atoms with E-state index in [4.69, 9.17) is 4.74 Å². The number of likely N-dealkylation sites (tertiary alicyclic amines) is 1. The number of rotatable bonds is 5. The molecule has 2 saturated heterocycles. The third-order valence-corrected chi connectivity index (χ3v) is 6.45. The van der Waals surface area contributed by atoms with Crippen molar-refractivity contribution in [3.63, 3.8) is 0 Å². The summed E-state index contributed by atoms with van der Waals surface area (Å²) >= 11 is 0. The first-order valence-electron chi connectivity index (χ1n) is 11.0. The van der Waals surface area contributed by atoms with Gasteiger partial charge in [0.05, 0.1) is 6.61 Å². The molecule has 32 heavy (non-hydrogen) atoms. The summed E-state index contributed by atoms with van der Waals surface area (Å²) in [5, 5.41) is 0. The number of ether oxygens (including phenoxy) is 1. The summed E-state index contributed by atoms with van der Waals surface area (Å²) in [6, 6.07) is 20.5. The predicted molar refractivity (Wildman–Crippen MR) is 119 cm³/mol. The molecule has 1 spiro atoms. The number of hydrogen-bond donors (Lipinski definition) is 0. The van der Waals surface area contributed by atoms with E-state index in [1.165, 1.54) is 12.1 Å². The summed E-state index contributed by atoms with van der Waals surface area (Å²) in [4.78, 5) is 22.3. The van der Waals surface area contributed by atoms with E-state index in [1.54, 1.807) is 18.3 Å². The van der Waals surface area contributed by atoms with Gasteiger partial charge >= 0.3 is 0 Å². The van der Waals surface area contributed by atoms with Gasteiger partial charge in [-0.2, -0.15) is 0 Å². The summed E-state index contributed by atoms with van der Waals surface area (Å²) in [7, 11) is 0. The number of halogens is 1. The molecule has 0 aliphatic carbocycles. The van der Waals surface area contributed by atoms with Crippen LogP contribution in [0.5, 0.6) is 0 Å². The Morgan fingerprint density at radius 2 is 1.78 bits per heavy atom. The van der Waals surface area contributed by atoms with Crippen molar-refractivity contribution >= 4 is 5.91 Å². The number of hydrogen-bond acceptors (Lipinski definition) is 4. The van der Waals surface area contributed by atoms with Crippen LogP contribution in [0.2, 0.25) is 0 Å². The lowest BCUT2D eigenvalue weighted by molar-refractivity contribution is -0.173. The van der Waals surface area contributed by atoms with Crippen molar-refractivity contribution in [3.05, 3.63) is 102 Å². The Bertz CT molecular complexity index is 1060. The molecular formula is C26H26FN3O2. The van der Waals surface area contributed by atoms with Crippen molar-refractivity contribution in [2.24, 2.45) is 0 Å². The van der Waals surface area contributed by atoms with Gasteiger partial charge < -0.3 is 9.64 Å². The highest BCUT2D eigenvalue weighted by atomic mass is 19.1. The molecular weight excluding hydrogens is 405 g/mol. The lowest BCUT2D eigenvalue weighted by atomic mass is 9.83. The van der Waals surface area contributed by atoms with Crippen molar-refractivity contribution in [1.29, 1.82) is 0 Å². The van der Waals surface area contributed by atoms with Crippen molar-refractivity contribution in [2.75, 3.05) is 26.2 Å².